The molecular weight excluding hydrogens is 456 g/mol. The van der Waals surface area contributed by atoms with Crippen LogP contribution in [-0.4, -0.2) is 24.0 Å². The lowest BCUT2D eigenvalue weighted by Crippen LogP contribution is -2.18. The SMILES string of the molecule is COC(=O)c1[nH]c2ccc(Br)cc2c1NC(=O)CC(c1ccccc1)c1ccccc1. The summed E-state index contributed by atoms with van der Waals surface area (Å²) in [6.07, 6.45) is 0.231. The molecule has 1 heterocycles. The van der Waals surface area contributed by atoms with Gasteiger partial charge < -0.3 is 15.0 Å². The Morgan fingerprint density at radius 1 is 0.968 bits per heavy atom. The third kappa shape index (κ3) is 4.54. The molecule has 0 saturated heterocycles. The van der Waals surface area contributed by atoms with Crippen LogP contribution in [0.3, 0.4) is 0 Å². The second kappa shape index (κ2) is 9.18. The normalized spacial score (nSPS) is 10.9. The molecule has 1 aromatic heterocycles. The zero-order valence-electron chi connectivity index (χ0n) is 16.9. The van der Waals surface area contributed by atoms with E-state index in [9.17, 15) is 9.59 Å². The standard InChI is InChI=1S/C25H21BrN2O3/c1-31-25(30)24-23(20-14-18(26)12-13-21(20)27-24)28-22(29)15-19(16-8-4-2-5-9-16)17-10-6-3-7-11-17/h2-14,19,27H,15H2,1H3,(H,28,29). The maximum atomic E-state index is 13.2. The summed E-state index contributed by atoms with van der Waals surface area (Å²) in [6.45, 7) is 0. The number of nitrogens with one attached hydrogen (secondary N) is 2. The Labute approximate surface area is 188 Å². The van der Waals surface area contributed by atoms with E-state index in [1.54, 1.807) is 0 Å². The molecule has 156 valence electrons. The van der Waals surface area contributed by atoms with Crippen molar-refractivity contribution in [2.75, 3.05) is 12.4 Å². The van der Waals surface area contributed by atoms with Gasteiger partial charge in [-0.1, -0.05) is 76.6 Å². The zero-order chi connectivity index (χ0) is 21.8. The molecule has 3 aromatic carbocycles. The number of H-pyrrole nitrogens is 1. The van der Waals surface area contributed by atoms with Crippen molar-refractivity contribution in [2.24, 2.45) is 0 Å². The highest BCUT2D eigenvalue weighted by Gasteiger charge is 2.23. The minimum absolute atomic E-state index is 0.110. The van der Waals surface area contributed by atoms with Gasteiger partial charge >= 0.3 is 5.97 Å². The topological polar surface area (TPSA) is 71.2 Å². The molecule has 1 amide bonds. The number of carbonyl (C=O) groups is 2. The fourth-order valence-corrected chi connectivity index (χ4v) is 4.08. The van der Waals surface area contributed by atoms with Crippen LogP contribution < -0.4 is 5.32 Å². The molecule has 4 aromatic rings. The molecular formula is C25H21BrN2O3. The number of aromatic nitrogens is 1. The van der Waals surface area contributed by atoms with E-state index in [-0.39, 0.29) is 23.9 Å². The molecule has 0 atom stereocenters. The largest absolute Gasteiger partial charge is 0.464 e. The van der Waals surface area contributed by atoms with Gasteiger partial charge in [0.1, 0.15) is 5.69 Å². The maximum Gasteiger partial charge on any atom is 0.356 e. The molecule has 0 aliphatic rings. The summed E-state index contributed by atoms with van der Waals surface area (Å²) in [5.74, 6) is -0.838. The van der Waals surface area contributed by atoms with Gasteiger partial charge in [-0.25, -0.2) is 4.79 Å². The van der Waals surface area contributed by atoms with Crippen molar-refractivity contribution in [1.29, 1.82) is 0 Å². The molecule has 0 bridgehead atoms. The van der Waals surface area contributed by atoms with Gasteiger partial charge in [0.15, 0.2) is 0 Å². The van der Waals surface area contributed by atoms with Gasteiger partial charge in [0.05, 0.1) is 12.8 Å². The first-order valence-electron chi connectivity index (χ1n) is 9.86. The Morgan fingerprint density at radius 3 is 2.16 bits per heavy atom. The van der Waals surface area contributed by atoms with Gasteiger partial charge in [0.2, 0.25) is 5.91 Å². The van der Waals surface area contributed by atoms with E-state index in [1.807, 2.05) is 78.9 Å². The number of benzene rings is 3. The highest BCUT2D eigenvalue weighted by atomic mass is 79.9. The summed E-state index contributed by atoms with van der Waals surface area (Å²) in [7, 11) is 1.32. The van der Waals surface area contributed by atoms with Crippen LogP contribution >= 0.6 is 15.9 Å². The lowest BCUT2D eigenvalue weighted by atomic mass is 9.88. The van der Waals surface area contributed by atoms with Crippen LogP contribution in [0.4, 0.5) is 5.69 Å². The molecule has 6 heteroatoms. The highest BCUT2D eigenvalue weighted by Crippen LogP contribution is 2.33. The van der Waals surface area contributed by atoms with E-state index < -0.39 is 5.97 Å². The number of esters is 1. The number of amides is 1. The van der Waals surface area contributed by atoms with Crippen molar-refractivity contribution in [3.05, 3.63) is 100 Å². The van der Waals surface area contributed by atoms with E-state index in [0.29, 0.717) is 5.69 Å². The van der Waals surface area contributed by atoms with Crippen LogP contribution in [-0.2, 0) is 9.53 Å². The summed E-state index contributed by atoms with van der Waals surface area (Å²) in [5.41, 5.74) is 3.49. The van der Waals surface area contributed by atoms with E-state index >= 15 is 0 Å². The van der Waals surface area contributed by atoms with E-state index in [4.69, 9.17) is 4.74 Å². The Hall–Kier alpha value is -3.38. The Kier molecular flexibility index (Phi) is 6.18. The predicted molar refractivity (Wildman–Crippen MR) is 125 cm³/mol. The summed E-state index contributed by atoms with van der Waals surface area (Å²) in [4.78, 5) is 28.5. The quantitative estimate of drug-likeness (QED) is 0.341. The number of carbonyl (C=O) groups excluding carboxylic acids is 2. The van der Waals surface area contributed by atoms with Crippen LogP contribution in [0.2, 0.25) is 0 Å². The lowest BCUT2D eigenvalue weighted by molar-refractivity contribution is -0.116. The smallest absolute Gasteiger partial charge is 0.356 e. The van der Waals surface area contributed by atoms with Gasteiger partial charge in [-0.3, -0.25) is 4.79 Å². The van der Waals surface area contributed by atoms with Crippen LogP contribution in [0, 0.1) is 0 Å². The lowest BCUT2D eigenvalue weighted by Gasteiger charge is -2.18. The second-order valence-corrected chi connectivity index (χ2v) is 8.10. The number of anilines is 1. The van der Waals surface area contributed by atoms with Gasteiger partial charge in [-0.15, -0.1) is 0 Å². The third-order valence-electron chi connectivity index (χ3n) is 5.21. The van der Waals surface area contributed by atoms with Crippen molar-refractivity contribution in [2.45, 2.75) is 12.3 Å². The molecule has 0 fully saturated rings. The Morgan fingerprint density at radius 2 is 1.58 bits per heavy atom. The van der Waals surface area contributed by atoms with Gasteiger partial charge in [-0.2, -0.15) is 0 Å². The molecule has 4 rings (SSSR count). The number of aromatic amines is 1. The van der Waals surface area contributed by atoms with Crippen molar-refractivity contribution in [3.63, 3.8) is 0 Å². The fraction of sp³-hybridized carbons (Fsp3) is 0.120. The summed E-state index contributed by atoms with van der Waals surface area (Å²) < 4.78 is 5.75. The summed E-state index contributed by atoms with van der Waals surface area (Å²) >= 11 is 3.45. The number of rotatable bonds is 6. The Bertz CT molecular complexity index is 1180. The summed E-state index contributed by atoms with van der Waals surface area (Å²) in [5, 5.41) is 3.69. The summed E-state index contributed by atoms with van der Waals surface area (Å²) in [6, 6.07) is 25.4. The van der Waals surface area contributed by atoms with Crippen LogP contribution in [0.1, 0.15) is 34.0 Å². The van der Waals surface area contributed by atoms with E-state index in [1.165, 1.54) is 7.11 Å². The maximum absolute atomic E-state index is 13.2. The molecule has 0 spiro atoms. The van der Waals surface area contributed by atoms with Crippen LogP contribution in [0.25, 0.3) is 10.9 Å². The number of fused-ring (bicyclic) bond motifs is 1. The van der Waals surface area contributed by atoms with Crippen molar-refractivity contribution < 1.29 is 14.3 Å². The Balaban J connectivity index is 1.68. The molecule has 0 aliphatic heterocycles. The van der Waals surface area contributed by atoms with Gasteiger partial charge in [0, 0.05) is 27.7 Å². The number of hydrogen-bond acceptors (Lipinski definition) is 3. The first kappa shape index (κ1) is 20.9. The third-order valence-corrected chi connectivity index (χ3v) is 5.70. The highest BCUT2D eigenvalue weighted by molar-refractivity contribution is 9.10. The number of ether oxygens (including phenoxy) is 1. The number of methoxy groups -OCH3 is 1. The first-order chi connectivity index (χ1) is 15.1. The molecule has 31 heavy (non-hydrogen) atoms. The molecule has 0 aliphatic carbocycles. The van der Waals surface area contributed by atoms with Gasteiger partial charge in [-0.05, 0) is 29.3 Å². The van der Waals surface area contributed by atoms with Gasteiger partial charge in [0.25, 0.3) is 0 Å². The minimum atomic E-state index is -0.537. The molecule has 2 N–H and O–H groups in total. The minimum Gasteiger partial charge on any atom is -0.464 e. The van der Waals surface area contributed by atoms with Crippen LogP contribution in [0.5, 0.6) is 0 Å². The molecule has 0 saturated carbocycles. The van der Waals surface area contributed by atoms with E-state index in [0.717, 1.165) is 26.5 Å². The number of hydrogen-bond donors (Lipinski definition) is 2. The average Bonchev–Trinajstić information content (AvgIpc) is 3.15. The predicted octanol–water partition coefficient (Wildman–Crippen LogP) is 5.88. The fourth-order valence-electron chi connectivity index (χ4n) is 3.72. The zero-order valence-corrected chi connectivity index (χ0v) is 18.5. The first-order valence-corrected chi connectivity index (χ1v) is 10.7. The van der Waals surface area contributed by atoms with Crippen molar-refractivity contribution in [1.82, 2.24) is 4.98 Å². The average molecular weight is 477 g/mol. The van der Waals surface area contributed by atoms with Crippen molar-refractivity contribution in [3.8, 4) is 0 Å². The second-order valence-electron chi connectivity index (χ2n) is 7.18. The van der Waals surface area contributed by atoms with Crippen LogP contribution in [0.15, 0.2) is 83.3 Å². The molecule has 0 radical (unpaired) electrons. The number of halogens is 1. The molecule has 0 unspecified atom stereocenters. The molecule has 5 nitrogen and oxygen atoms in total. The monoisotopic (exact) mass is 476 g/mol. The van der Waals surface area contributed by atoms with Crippen molar-refractivity contribution >= 4 is 44.4 Å². The van der Waals surface area contributed by atoms with E-state index in [2.05, 4.69) is 26.2 Å².